The van der Waals surface area contributed by atoms with Crippen LogP contribution in [0.15, 0.2) is 28.7 Å². The van der Waals surface area contributed by atoms with Gasteiger partial charge in [-0.1, -0.05) is 15.9 Å². The highest BCUT2D eigenvalue weighted by Crippen LogP contribution is 2.50. The lowest BCUT2D eigenvalue weighted by molar-refractivity contribution is 0.125. The fourth-order valence-electron chi connectivity index (χ4n) is 1.11. The van der Waals surface area contributed by atoms with Gasteiger partial charge in [-0.25, -0.2) is 0 Å². The molecule has 0 heterocycles. The second kappa shape index (κ2) is 6.52. The van der Waals surface area contributed by atoms with Gasteiger partial charge in [0.05, 0.1) is 0 Å². The van der Waals surface area contributed by atoms with Crippen LogP contribution in [0, 0.1) is 0 Å². The predicted molar refractivity (Wildman–Crippen MR) is 67.3 cm³/mol. The Morgan fingerprint density at radius 2 is 1.82 bits per heavy atom. The summed E-state index contributed by atoms with van der Waals surface area (Å²) < 4.78 is 27.2. The molecule has 1 N–H and O–H groups in total. The number of aliphatic hydroxyl groups excluding tert-OH is 1. The van der Waals surface area contributed by atoms with Gasteiger partial charge in [-0.15, -0.1) is 0 Å². The quantitative estimate of drug-likeness (QED) is 0.815. The van der Waals surface area contributed by atoms with E-state index in [0.717, 1.165) is 4.47 Å². The Bertz CT molecular complexity index is 386. The Morgan fingerprint density at radius 3 is 2.29 bits per heavy atom. The van der Waals surface area contributed by atoms with Crippen LogP contribution in [-0.4, -0.2) is 31.8 Å². The van der Waals surface area contributed by atoms with Crippen LogP contribution >= 0.6 is 23.5 Å². The Balaban J connectivity index is 2.56. The maximum Gasteiger partial charge on any atom is 0.361 e. The van der Waals surface area contributed by atoms with Crippen LogP contribution in [0.3, 0.4) is 0 Å². The molecule has 0 saturated carbocycles. The summed E-state index contributed by atoms with van der Waals surface area (Å²) in [4.78, 5) is 0. The first-order valence-corrected chi connectivity index (χ1v) is 7.20. The van der Waals surface area contributed by atoms with Gasteiger partial charge in [0.25, 0.3) is 0 Å². The molecule has 1 aromatic carbocycles. The van der Waals surface area contributed by atoms with Gasteiger partial charge >= 0.3 is 7.60 Å². The molecule has 0 saturated heterocycles. The third-order valence-electron chi connectivity index (χ3n) is 2.09. The lowest BCUT2D eigenvalue weighted by Crippen LogP contribution is -2.19. The zero-order chi connectivity index (χ0) is 12.9. The van der Waals surface area contributed by atoms with Crippen molar-refractivity contribution in [2.45, 2.75) is 5.85 Å². The van der Waals surface area contributed by atoms with Crippen molar-refractivity contribution in [1.82, 2.24) is 0 Å². The first kappa shape index (κ1) is 14.7. The Kier molecular flexibility index (Phi) is 5.62. The van der Waals surface area contributed by atoms with Crippen molar-refractivity contribution >= 4 is 23.5 Å². The average Bonchev–Trinajstić information content (AvgIpc) is 2.36. The third-order valence-corrected chi connectivity index (χ3v) is 4.51. The number of rotatable bonds is 6. The van der Waals surface area contributed by atoms with Crippen LogP contribution in [0.1, 0.15) is 0 Å². The number of hydrogen-bond acceptors (Lipinski definition) is 5. The van der Waals surface area contributed by atoms with Crippen LogP contribution < -0.4 is 4.74 Å². The molecule has 0 spiro atoms. The van der Waals surface area contributed by atoms with Crippen LogP contribution in [0.25, 0.3) is 0 Å². The van der Waals surface area contributed by atoms with E-state index in [2.05, 4.69) is 25.0 Å². The fourth-order valence-corrected chi connectivity index (χ4v) is 2.27. The van der Waals surface area contributed by atoms with Crippen LogP contribution in [-0.2, 0) is 13.6 Å². The number of halogens is 1. The normalized spacial score (nSPS) is 13.4. The molecule has 7 heteroatoms. The summed E-state index contributed by atoms with van der Waals surface area (Å²) in [6.45, 7) is -0.166. The molecule has 5 nitrogen and oxygen atoms in total. The first-order chi connectivity index (χ1) is 8.01. The van der Waals surface area contributed by atoms with Crippen molar-refractivity contribution in [2.24, 2.45) is 0 Å². The standard InChI is InChI=1S/C10H14BrO5P/c1-14-17(13,15-2)10(12)7-16-9-5-3-8(11)4-6-9/h3-6,10,12H,7H2,1-2H3. The highest BCUT2D eigenvalue weighted by atomic mass is 79.9. The first-order valence-electron chi connectivity index (χ1n) is 4.79. The van der Waals surface area contributed by atoms with Crippen LogP contribution in [0.4, 0.5) is 0 Å². The maximum atomic E-state index is 11.7. The minimum absolute atomic E-state index is 0.166. The largest absolute Gasteiger partial charge is 0.490 e. The van der Waals surface area contributed by atoms with Gasteiger partial charge in [0.2, 0.25) is 0 Å². The molecular weight excluding hydrogens is 311 g/mol. The summed E-state index contributed by atoms with van der Waals surface area (Å²) in [6, 6.07) is 7.05. The predicted octanol–water partition coefficient (Wildman–Crippen LogP) is 2.63. The minimum atomic E-state index is -3.50. The van der Waals surface area contributed by atoms with E-state index in [-0.39, 0.29) is 6.61 Å². The maximum absolute atomic E-state index is 11.7. The zero-order valence-corrected chi connectivity index (χ0v) is 12.0. The van der Waals surface area contributed by atoms with E-state index in [1.165, 1.54) is 14.2 Å². The van der Waals surface area contributed by atoms with Crippen molar-refractivity contribution in [1.29, 1.82) is 0 Å². The highest BCUT2D eigenvalue weighted by molar-refractivity contribution is 9.10. The van der Waals surface area contributed by atoms with Gasteiger partial charge in [-0.2, -0.15) is 0 Å². The lowest BCUT2D eigenvalue weighted by atomic mass is 10.3. The van der Waals surface area contributed by atoms with Gasteiger partial charge in [0, 0.05) is 18.7 Å². The topological polar surface area (TPSA) is 65.0 Å². The minimum Gasteiger partial charge on any atom is -0.490 e. The number of benzene rings is 1. The van der Waals surface area contributed by atoms with Crippen molar-refractivity contribution in [3.05, 3.63) is 28.7 Å². The van der Waals surface area contributed by atoms with Crippen molar-refractivity contribution in [3.8, 4) is 5.75 Å². The SMILES string of the molecule is COP(=O)(OC)C(O)COc1ccc(Br)cc1. The van der Waals surface area contributed by atoms with Crippen LogP contribution in [0.5, 0.6) is 5.75 Å². The molecule has 0 aliphatic carbocycles. The third kappa shape index (κ3) is 4.08. The summed E-state index contributed by atoms with van der Waals surface area (Å²) >= 11 is 3.29. The van der Waals surface area contributed by atoms with Gasteiger partial charge in [-0.3, -0.25) is 4.57 Å². The second-order valence-corrected chi connectivity index (χ2v) is 6.47. The molecule has 0 radical (unpaired) electrons. The Morgan fingerprint density at radius 1 is 1.29 bits per heavy atom. The van der Waals surface area contributed by atoms with Crippen molar-refractivity contribution in [2.75, 3.05) is 20.8 Å². The summed E-state index contributed by atoms with van der Waals surface area (Å²) in [5, 5.41) is 9.64. The fraction of sp³-hybridized carbons (Fsp3) is 0.400. The lowest BCUT2D eigenvalue weighted by Gasteiger charge is -2.19. The molecule has 0 bridgehead atoms. The van der Waals surface area contributed by atoms with Crippen LogP contribution in [0.2, 0.25) is 0 Å². The van der Waals surface area contributed by atoms with E-state index in [4.69, 9.17) is 4.74 Å². The summed E-state index contributed by atoms with van der Waals surface area (Å²) in [6.07, 6.45) is 0. The molecule has 0 aromatic heterocycles. The van der Waals surface area contributed by atoms with Gasteiger partial charge < -0.3 is 18.9 Å². The molecule has 0 amide bonds. The highest BCUT2D eigenvalue weighted by Gasteiger charge is 2.32. The monoisotopic (exact) mass is 324 g/mol. The summed E-state index contributed by atoms with van der Waals surface area (Å²) in [5.41, 5.74) is 0. The molecule has 0 aliphatic heterocycles. The number of ether oxygens (including phenoxy) is 1. The average molecular weight is 325 g/mol. The van der Waals surface area contributed by atoms with E-state index in [1.807, 2.05) is 0 Å². The van der Waals surface area contributed by atoms with Gasteiger partial charge in [0.1, 0.15) is 12.4 Å². The Hall–Kier alpha value is -0.390. The number of hydrogen-bond donors (Lipinski definition) is 1. The number of aliphatic hydroxyl groups is 1. The molecule has 0 aliphatic rings. The van der Waals surface area contributed by atoms with Gasteiger partial charge in [-0.05, 0) is 24.3 Å². The molecule has 96 valence electrons. The Labute approximate surface area is 108 Å². The van der Waals surface area contributed by atoms with E-state index < -0.39 is 13.4 Å². The summed E-state index contributed by atoms with van der Waals surface area (Å²) in [7, 11) is -1.07. The van der Waals surface area contributed by atoms with Gasteiger partial charge in [0.15, 0.2) is 5.85 Å². The molecule has 0 fully saturated rings. The molecule has 1 rings (SSSR count). The van der Waals surface area contributed by atoms with Crippen molar-refractivity contribution < 1.29 is 23.5 Å². The van der Waals surface area contributed by atoms with E-state index in [1.54, 1.807) is 24.3 Å². The van der Waals surface area contributed by atoms with E-state index in [0.29, 0.717) is 5.75 Å². The molecule has 1 aromatic rings. The molecule has 1 unspecified atom stereocenters. The van der Waals surface area contributed by atoms with E-state index >= 15 is 0 Å². The molecule has 1 atom stereocenters. The van der Waals surface area contributed by atoms with Crippen molar-refractivity contribution in [3.63, 3.8) is 0 Å². The second-order valence-electron chi connectivity index (χ2n) is 3.15. The zero-order valence-electron chi connectivity index (χ0n) is 9.50. The molecular formula is C10H14BrO5P. The summed E-state index contributed by atoms with van der Waals surface area (Å²) in [5.74, 6) is -0.757. The smallest absolute Gasteiger partial charge is 0.361 e. The molecule has 17 heavy (non-hydrogen) atoms. The van der Waals surface area contributed by atoms with E-state index in [9.17, 15) is 9.67 Å².